The number of hydrogen-bond donors (Lipinski definition) is 0. The van der Waals surface area contributed by atoms with E-state index in [-0.39, 0.29) is 17.0 Å². The van der Waals surface area contributed by atoms with Crippen LogP contribution in [0.4, 0.5) is 0 Å². The van der Waals surface area contributed by atoms with E-state index in [1.54, 1.807) is 12.1 Å². The number of carbonyl (C=O) groups excluding carboxylic acids is 2. The summed E-state index contributed by atoms with van der Waals surface area (Å²) in [6, 6.07) is 7.28. The van der Waals surface area contributed by atoms with Crippen LogP contribution in [0.5, 0.6) is 0 Å². The number of benzene rings is 1. The molecule has 0 unspecified atom stereocenters. The van der Waals surface area contributed by atoms with Gasteiger partial charge in [0.15, 0.2) is 0 Å². The first-order chi connectivity index (χ1) is 10.2. The average molecular weight is 282 g/mol. The van der Waals surface area contributed by atoms with E-state index in [9.17, 15) is 9.59 Å². The Labute approximate surface area is 124 Å². The highest BCUT2D eigenvalue weighted by atomic mass is 16.5. The number of ether oxygens (including phenoxy) is 1. The zero-order chi connectivity index (χ0) is 14.4. The molecule has 1 fully saturated rings. The first-order valence-corrected chi connectivity index (χ1v) is 7.75. The minimum Gasteiger partial charge on any atom is -0.492 e. The molecule has 0 atom stereocenters. The minimum absolute atomic E-state index is 0.0826. The maximum absolute atomic E-state index is 12.5. The second-order valence-electron chi connectivity index (χ2n) is 6.54. The fraction of sp³-hybridized carbons (Fsp3) is 0.444. The van der Waals surface area contributed by atoms with Gasteiger partial charge in [0.05, 0.1) is 6.61 Å². The number of Topliss-reactive ketones (excluding diaryl/α,β-unsaturated/α-hetero) is 2. The van der Waals surface area contributed by atoms with Crippen LogP contribution in [0.15, 0.2) is 29.8 Å². The molecule has 1 spiro atoms. The highest BCUT2D eigenvalue weighted by Crippen LogP contribution is 2.48. The molecule has 3 aliphatic rings. The van der Waals surface area contributed by atoms with Gasteiger partial charge in [-0.25, -0.2) is 0 Å². The van der Waals surface area contributed by atoms with Crippen molar-refractivity contribution in [3.63, 3.8) is 0 Å². The molecule has 1 heterocycles. The Bertz CT molecular complexity index is 663. The summed E-state index contributed by atoms with van der Waals surface area (Å²) < 4.78 is 6.03. The van der Waals surface area contributed by atoms with Gasteiger partial charge < -0.3 is 4.74 Å². The van der Waals surface area contributed by atoms with Crippen molar-refractivity contribution >= 4 is 17.3 Å². The first-order valence-electron chi connectivity index (χ1n) is 7.75. The molecule has 3 nitrogen and oxygen atoms in total. The van der Waals surface area contributed by atoms with Crippen LogP contribution < -0.4 is 0 Å². The molecule has 0 saturated heterocycles. The standard InChI is InChI=1S/C18H18O3/c19-15-12-6-2-3-7-13(12)17-14(16(15)20)10-18(11-21-17)8-4-1-5-9-18/h2-3,6-7H,1,4-5,8-11H2. The van der Waals surface area contributed by atoms with Crippen molar-refractivity contribution in [3.05, 3.63) is 41.0 Å². The van der Waals surface area contributed by atoms with E-state index in [0.29, 0.717) is 29.9 Å². The van der Waals surface area contributed by atoms with Gasteiger partial charge in [0.1, 0.15) is 5.76 Å². The van der Waals surface area contributed by atoms with Crippen molar-refractivity contribution in [2.24, 2.45) is 5.41 Å². The van der Waals surface area contributed by atoms with Crippen LogP contribution in [0.3, 0.4) is 0 Å². The van der Waals surface area contributed by atoms with E-state index in [0.717, 1.165) is 18.4 Å². The summed E-state index contributed by atoms with van der Waals surface area (Å²) in [7, 11) is 0. The molecule has 3 heteroatoms. The number of carbonyl (C=O) groups is 2. The van der Waals surface area contributed by atoms with Crippen molar-refractivity contribution < 1.29 is 14.3 Å². The first kappa shape index (κ1) is 12.8. The summed E-state index contributed by atoms with van der Waals surface area (Å²) in [4.78, 5) is 24.8. The lowest BCUT2D eigenvalue weighted by Crippen LogP contribution is -2.38. The van der Waals surface area contributed by atoms with Gasteiger partial charge in [-0.15, -0.1) is 0 Å². The van der Waals surface area contributed by atoms with Crippen LogP contribution in [-0.2, 0) is 9.53 Å². The minimum atomic E-state index is -0.374. The SMILES string of the molecule is O=C1C(=O)c2ccccc2C2=C1CC1(CCCCC1)CO2. The van der Waals surface area contributed by atoms with E-state index in [2.05, 4.69) is 0 Å². The zero-order valence-electron chi connectivity index (χ0n) is 12.0. The Hall–Kier alpha value is -1.90. The molecule has 4 rings (SSSR count). The molecule has 2 aliphatic carbocycles. The van der Waals surface area contributed by atoms with Gasteiger partial charge in [-0.1, -0.05) is 43.5 Å². The van der Waals surface area contributed by atoms with Gasteiger partial charge in [-0.05, 0) is 19.3 Å². The quantitative estimate of drug-likeness (QED) is 0.684. The van der Waals surface area contributed by atoms with Gasteiger partial charge in [0.25, 0.3) is 0 Å². The predicted molar refractivity (Wildman–Crippen MR) is 78.8 cm³/mol. The predicted octanol–water partition coefficient (Wildman–Crippen LogP) is 3.53. The summed E-state index contributed by atoms with van der Waals surface area (Å²) in [5.74, 6) is -0.0689. The third-order valence-corrected chi connectivity index (χ3v) is 5.16. The summed E-state index contributed by atoms with van der Waals surface area (Å²) in [5.41, 5.74) is 1.98. The Balaban J connectivity index is 1.80. The second-order valence-corrected chi connectivity index (χ2v) is 6.54. The van der Waals surface area contributed by atoms with Crippen molar-refractivity contribution in [1.29, 1.82) is 0 Å². The summed E-state index contributed by atoms with van der Waals surface area (Å²) >= 11 is 0. The van der Waals surface area contributed by atoms with Crippen LogP contribution >= 0.6 is 0 Å². The molecule has 0 amide bonds. The highest BCUT2D eigenvalue weighted by molar-refractivity contribution is 6.52. The molecule has 1 aromatic rings. The molecule has 1 saturated carbocycles. The summed E-state index contributed by atoms with van der Waals surface area (Å²) in [6.07, 6.45) is 6.58. The van der Waals surface area contributed by atoms with Gasteiger partial charge in [-0.2, -0.15) is 0 Å². The Morgan fingerprint density at radius 3 is 2.38 bits per heavy atom. The van der Waals surface area contributed by atoms with Crippen molar-refractivity contribution in [3.8, 4) is 0 Å². The highest BCUT2D eigenvalue weighted by Gasteiger charge is 2.44. The maximum Gasteiger partial charge on any atom is 0.234 e. The van der Waals surface area contributed by atoms with Crippen LogP contribution in [0.25, 0.3) is 5.76 Å². The van der Waals surface area contributed by atoms with Crippen molar-refractivity contribution in [1.82, 2.24) is 0 Å². The number of allylic oxidation sites excluding steroid dienone is 1. The van der Waals surface area contributed by atoms with Crippen molar-refractivity contribution in [2.75, 3.05) is 6.61 Å². The Morgan fingerprint density at radius 2 is 1.62 bits per heavy atom. The average Bonchev–Trinajstić information content (AvgIpc) is 2.53. The second kappa shape index (κ2) is 4.55. The van der Waals surface area contributed by atoms with Gasteiger partial charge in [0, 0.05) is 22.1 Å². The summed E-state index contributed by atoms with van der Waals surface area (Å²) in [5, 5.41) is 0. The monoisotopic (exact) mass is 282 g/mol. The molecule has 1 aliphatic heterocycles. The van der Waals surface area contributed by atoms with Crippen LogP contribution in [0, 0.1) is 5.41 Å². The van der Waals surface area contributed by atoms with E-state index < -0.39 is 0 Å². The molecule has 108 valence electrons. The molecule has 0 aromatic heterocycles. The molecule has 21 heavy (non-hydrogen) atoms. The number of fused-ring (bicyclic) bond motifs is 2. The third-order valence-electron chi connectivity index (χ3n) is 5.16. The molecule has 0 N–H and O–H groups in total. The molecule has 0 bridgehead atoms. The number of hydrogen-bond acceptors (Lipinski definition) is 3. The van der Waals surface area contributed by atoms with Crippen LogP contribution in [0.1, 0.15) is 54.4 Å². The van der Waals surface area contributed by atoms with Gasteiger partial charge >= 0.3 is 0 Å². The van der Waals surface area contributed by atoms with Crippen molar-refractivity contribution in [2.45, 2.75) is 38.5 Å². The Kier molecular flexibility index (Phi) is 2.78. The van der Waals surface area contributed by atoms with E-state index >= 15 is 0 Å². The third kappa shape index (κ3) is 1.87. The maximum atomic E-state index is 12.5. The van der Waals surface area contributed by atoms with Gasteiger partial charge in [-0.3, -0.25) is 9.59 Å². The smallest absolute Gasteiger partial charge is 0.234 e. The van der Waals surface area contributed by atoms with E-state index in [1.165, 1.54) is 19.3 Å². The van der Waals surface area contributed by atoms with E-state index in [1.807, 2.05) is 12.1 Å². The van der Waals surface area contributed by atoms with Crippen LogP contribution in [0.2, 0.25) is 0 Å². The van der Waals surface area contributed by atoms with E-state index in [4.69, 9.17) is 4.74 Å². The molecule has 1 aromatic carbocycles. The number of ketones is 2. The summed E-state index contributed by atoms with van der Waals surface area (Å²) in [6.45, 7) is 0.682. The molecular weight excluding hydrogens is 264 g/mol. The lowest BCUT2D eigenvalue weighted by atomic mass is 9.67. The van der Waals surface area contributed by atoms with Crippen LogP contribution in [-0.4, -0.2) is 18.2 Å². The largest absolute Gasteiger partial charge is 0.492 e. The zero-order valence-corrected chi connectivity index (χ0v) is 12.0. The lowest BCUT2D eigenvalue weighted by molar-refractivity contribution is -0.113. The number of rotatable bonds is 0. The molecule has 0 radical (unpaired) electrons. The lowest BCUT2D eigenvalue weighted by Gasteiger charge is -2.42. The van der Waals surface area contributed by atoms with Gasteiger partial charge in [0.2, 0.25) is 11.6 Å². The fourth-order valence-electron chi connectivity index (χ4n) is 4.00. The normalized spacial score (nSPS) is 23.6. The fourth-order valence-corrected chi connectivity index (χ4v) is 4.00. The topological polar surface area (TPSA) is 43.4 Å². The molecular formula is C18H18O3. The Morgan fingerprint density at radius 1 is 0.905 bits per heavy atom.